The minimum Gasteiger partial charge on any atom is -0.393 e. The first kappa shape index (κ1) is 20.5. The minimum absolute atomic E-state index is 0.181. The molecule has 0 heterocycles. The summed E-state index contributed by atoms with van der Waals surface area (Å²) in [5.74, 6) is -2.23. The fourth-order valence-electron chi connectivity index (χ4n) is 1.64. The molecule has 22 heavy (non-hydrogen) atoms. The van der Waals surface area contributed by atoms with Gasteiger partial charge < -0.3 is 31.1 Å². The number of hydrogen-bond donors (Lipinski definition) is 6. The number of ketones is 1. The Morgan fingerprint density at radius 3 is 1.95 bits per heavy atom. The van der Waals surface area contributed by atoms with Crippen LogP contribution >= 0.6 is 0 Å². The Morgan fingerprint density at radius 2 is 1.55 bits per heavy atom. The SMILES string of the molecule is C[C@H](O)CC(=O)N[C@H](C)C(=O)N[C@@H](C(=O)[C@@H](O)CO)[C@@H](C)O. The molecule has 2 amide bonds. The molecule has 0 unspecified atom stereocenters. The van der Waals surface area contributed by atoms with Gasteiger partial charge in [-0.05, 0) is 20.8 Å². The molecular weight excluding hydrogens is 296 g/mol. The van der Waals surface area contributed by atoms with Crippen LogP contribution in [0, 0.1) is 0 Å². The Balaban J connectivity index is 4.69. The van der Waals surface area contributed by atoms with E-state index in [2.05, 4.69) is 10.6 Å². The summed E-state index contributed by atoms with van der Waals surface area (Å²) in [7, 11) is 0. The highest BCUT2D eigenvalue weighted by molar-refractivity contribution is 5.94. The molecule has 0 aromatic heterocycles. The molecule has 0 rings (SSSR count). The molecule has 0 aromatic carbocycles. The lowest BCUT2D eigenvalue weighted by Crippen LogP contribution is -2.56. The number of Topliss-reactive ketones (excluding diaryl/α,β-unsaturated/α-hetero) is 1. The highest BCUT2D eigenvalue weighted by Gasteiger charge is 2.31. The van der Waals surface area contributed by atoms with Crippen molar-refractivity contribution in [1.82, 2.24) is 10.6 Å². The van der Waals surface area contributed by atoms with Crippen LogP contribution in [0.25, 0.3) is 0 Å². The Labute approximate surface area is 128 Å². The average molecular weight is 320 g/mol. The third-order valence-electron chi connectivity index (χ3n) is 2.84. The maximum Gasteiger partial charge on any atom is 0.242 e. The number of rotatable bonds is 9. The molecule has 0 saturated carbocycles. The van der Waals surface area contributed by atoms with E-state index in [-0.39, 0.29) is 6.42 Å². The van der Waals surface area contributed by atoms with Crippen molar-refractivity contribution in [2.45, 2.75) is 57.6 Å². The zero-order valence-corrected chi connectivity index (χ0v) is 12.8. The van der Waals surface area contributed by atoms with Gasteiger partial charge in [0, 0.05) is 0 Å². The standard InChI is InChI=1S/C13H24N2O7/c1-6(17)4-10(20)14-7(2)13(22)15-11(8(3)18)12(21)9(19)5-16/h6-9,11,16-19H,4-5H2,1-3H3,(H,14,20)(H,15,22)/t6-,7+,8+,9-,11+/m0/s1. The summed E-state index contributed by atoms with van der Waals surface area (Å²) >= 11 is 0. The summed E-state index contributed by atoms with van der Waals surface area (Å²) in [5, 5.41) is 41.1. The predicted molar refractivity (Wildman–Crippen MR) is 75.6 cm³/mol. The van der Waals surface area contributed by atoms with E-state index in [0.29, 0.717) is 0 Å². The van der Waals surface area contributed by atoms with E-state index in [9.17, 15) is 24.6 Å². The molecular formula is C13H24N2O7. The summed E-state index contributed by atoms with van der Waals surface area (Å²) in [5.41, 5.74) is 0. The molecule has 9 heteroatoms. The second kappa shape index (κ2) is 9.46. The molecule has 6 N–H and O–H groups in total. The average Bonchev–Trinajstić information content (AvgIpc) is 2.41. The lowest BCUT2D eigenvalue weighted by Gasteiger charge is -2.24. The lowest BCUT2D eigenvalue weighted by molar-refractivity contribution is -0.138. The van der Waals surface area contributed by atoms with Gasteiger partial charge in [0.2, 0.25) is 11.8 Å². The second-order valence-corrected chi connectivity index (χ2v) is 5.17. The maximum absolute atomic E-state index is 11.9. The number of hydrogen-bond acceptors (Lipinski definition) is 7. The fraction of sp³-hybridized carbons (Fsp3) is 0.769. The summed E-state index contributed by atoms with van der Waals surface area (Å²) in [6.07, 6.45) is -4.06. The van der Waals surface area contributed by atoms with Crippen LogP contribution in [0.2, 0.25) is 0 Å². The van der Waals surface area contributed by atoms with Crippen LogP contribution in [-0.2, 0) is 14.4 Å². The maximum atomic E-state index is 11.9. The number of aliphatic hydroxyl groups excluding tert-OH is 4. The van der Waals surface area contributed by atoms with Gasteiger partial charge in [-0.25, -0.2) is 0 Å². The molecule has 0 fully saturated rings. The van der Waals surface area contributed by atoms with Crippen molar-refractivity contribution in [2.75, 3.05) is 6.61 Å². The van der Waals surface area contributed by atoms with Gasteiger partial charge in [-0.3, -0.25) is 14.4 Å². The fourth-order valence-corrected chi connectivity index (χ4v) is 1.64. The van der Waals surface area contributed by atoms with Gasteiger partial charge in [0.1, 0.15) is 18.2 Å². The third kappa shape index (κ3) is 6.94. The zero-order chi connectivity index (χ0) is 17.4. The predicted octanol–water partition coefficient (Wildman–Crippen LogP) is -2.95. The van der Waals surface area contributed by atoms with Crippen LogP contribution in [0.1, 0.15) is 27.2 Å². The first-order chi connectivity index (χ1) is 10.1. The Bertz CT molecular complexity index is 398. The second-order valence-electron chi connectivity index (χ2n) is 5.17. The Morgan fingerprint density at radius 1 is 1.00 bits per heavy atom. The number of nitrogens with one attached hydrogen (secondary N) is 2. The molecule has 0 radical (unpaired) electrons. The van der Waals surface area contributed by atoms with Crippen molar-refractivity contribution in [2.24, 2.45) is 0 Å². The van der Waals surface area contributed by atoms with Crippen molar-refractivity contribution in [1.29, 1.82) is 0 Å². The van der Waals surface area contributed by atoms with Crippen LogP contribution in [0.5, 0.6) is 0 Å². The van der Waals surface area contributed by atoms with E-state index in [1.807, 2.05) is 0 Å². The van der Waals surface area contributed by atoms with E-state index < -0.39 is 54.6 Å². The number of aliphatic hydroxyl groups is 4. The van der Waals surface area contributed by atoms with Gasteiger partial charge in [0.15, 0.2) is 5.78 Å². The van der Waals surface area contributed by atoms with Crippen molar-refractivity contribution < 1.29 is 34.8 Å². The largest absolute Gasteiger partial charge is 0.393 e. The highest BCUT2D eigenvalue weighted by atomic mass is 16.3. The molecule has 0 aromatic rings. The van der Waals surface area contributed by atoms with E-state index in [1.165, 1.54) is 20.8 Å². The molecule has 128 valence electrons. The first-order valence-electron chi connectivity index (χ1n) is 6.88. The number of amides is 2. The Hall–Kier alpha value is -1.55. The van der Waals surface area contributed by atoms with E-state index in [0.717, 1.165) is 0 Å². The Kier molecular flexibility index (Phi) is 8.80. The van der Waals surface area contributed by atoms with Crippen molar-refractivity contribution in [3.63, 3.8) is 0 Å². The van der Waals surface area contributed by atoms with E-state index >= 15 is 0 Å². The summed E-state index contributed by atoms with van der Waals surface area (Å²) in [4.78, 5) is 35.1. The molecule has 0 aliphatic rings. The van der Waals surface area contributed by atoms with Crippen LogP contribution in [0.4, 0.5) is 0 Å². The third-order valence-corrected chi connectivity index (χ3v) is 2.84. The van der Waals surface area contributed by atoms with Crippen LogP contribution < -0.4 is 10.6 Å². The molecule has 9 nitrogen and oxygen atoms in total. The summed E-state index contributed by atoms with van der Waals surface area (Å²) in [6, 6.07) is -2.42. The first-order valence-corrected chi connectivity index (χ1v) is 6.88. The zero-order valence-electron chi connectivity index (χ0n) is 12.8. The molecule has 0 bridgehead atoms. The van der Waals surface area contributed by atoms with Gasteiger partial charge in [0.05, 0.1) is 25.2 Å². The van der Waals surface area contributed by atoms with Crippen molar-refractivity contribution in [3.05, 3.63) is 0 Å². The number of carbonyl (C=O) groups is 3. The van der Waals surface area contributed by atoms with Crippen LogP contribution in [0.15, 0.2) is 0 Å². The molecule has 0 spiro atoms. The van der Waals surface area contributed by atoms with Gasteiger partial charge in [-0.2, -0.15) is 0 Å². The van der Waals surface area contributed by atoms with Gasteiger partial charge >= 0.3 is 0 Å². The van der Waals surface area contributed by atoms with Gasteiger partial charge in [-0.15, -0.1) is 0 Å². The highest BCUT2D eigenvalue weighted by Crippen LogP contribution is 2.01. The van der Waals surface area contributed by atoms with E-state index in [1.54, 1.807) is 0 Å². The topological polar surface area (TPSA) is 156 Å². The van der Waals surface area contributed by atoms with Gasteiger partial charge in [0.25, 0.3) is 0 Å². The van der Waals surface area contributed by atoms with Gasteiger partial charge in [-0.1, -0.05) is 0 Å². The van der Waals surface area contributed by atoms with E-state index in [4.69, 9.17) is 10.2 Å². The minimum atomic E-state index is -1.72. The van der Waals surface area contributed by atoms with Crippen molar-refractivity contribution in [3.8, 4) is 0 Å². The number of carbonyl (C=O) groups excluding carboxylic acids is 3. The smallest absolute Gasteiger partial charge is 0.242 e. The van der Waals surface area contributed by atoms with Crippen molar-refractivity contribution >= 4 is 17.6 Å². The molecule has 0 saturated heterocycles. The lowest BCUT2D eigenvalue weighted by atomic mass is 10.0. The monoisotopic (exact) mass is 320 g/mol. The molecule has 5 atom stereocenters. The summed E-state index contributed by atoms with van der Waals surface area (Å²) < 4.78 is 0. The molecule has 0 aliphatic heterocycles. The summed E-state index contributed by atoms with van der Waals surface area (Å²) in [6.45, 7) is 3.19. The normalized spacial score (nSPS) is 17.8. The van der Waals surface area contributed by atoms with Crippen LogP contribution in [-0.4, -0.2) is 75.0 Å². The molecule has 0 aliphatic carbocycles. The van der Waals surface area contributed by atoms with Crippen LogP contribution in [0.3, 0.4) is 0 Å². The quantitative estimate of drug-likeness (QED) is 0.265.